The number of benzene rings is 2. The molecule has 0 aliphatic heterocycles. The van der Waals surface area contributed by atoms with Crippen molar-refractivity contribution in [2.75, 3.05) is 0 Å². The van der Waals surface area contributed by atoms with Crippen molar-refractivity contribution >= 4 is 10.9 Å². The van der Waals surface area contributed by atoms with Crippen LogP contribution >= 0.6 is 0 Å². The summed E-state index contributed by atoms with van der Waals surface area (Å²) >= 11 is 0. The minimum atomic E-state index is 0.659. The largest absolute Gasteiger partial charge is 0.347 e. The summed E-state index contributed by atoms with van der Waals surface area (Å²) in [6.07, 6.45) is 6.13. The van der Waals surface area contributed by atoms with E-state index in [2.05, 4.69) is 66.2 Å². The van der Waals surface area contributed by atoms with Crippen LogP contribution in [0.3, 0.4) is 0 Å². The molecule has 3 aromatic rings. The van der Waals surface area contributed by atoms with Gasteiger partial charge in [0, 0.05) is 24.2 Å². The summed E-state index contributed by atoms with van der Waals surface area (Å²) in [6.45, 7) is 3.26. The second-order valence-corrected chi connectivity index (χ2v) is 6.32. The van der Waals surface area contributed by atoms with Gasteiger partial charge in [-0.25, -0.2) is 0 Å². The van der Waals surface area contributed by atoms with Gasteiger partial charge in [-0.05, 0) is 60.9 Å². The molecule has 1 aliphatic carbocycles. The van der Waals surface area contributed by atoms with E-state index in [0.29, 0.717) is 5.92 Å². The number of hydrogen-bond acceptors (Lipinski definition) is 0. The Morgan fingerprint density at radius 3 is 2.95 bits per heavy atom. The topological polar surface area (TPSA) is 4.93 Å². The second-order valence-electron chi connectivity index (χ2n) is 6.32. The van der Waals surface area contributed by atoms with E-state index in [-0.39, 0.29) is 0 Å². The van der Waals surface area contributed by atoms with Gasteiger partial charge in [0.2, 0.25) is 0 Å². The molecule has 1 aliphatic rings. The van der Waals surface area contributed by atoms with E-state index in [1.165, 1.54) is 35.7 Å². The molecule has 0 saturated heterocycles. The average molecular weight is 275 g/mol. The van der Waals surface area contributed by atoms with Gasteiger partial charge in [0.05, 0.1) is 0 Å². The Labute approximate surface area is 126 Å². The molecule has 1 heteroatoms. The standard InChI is InChI=1S/C20H21N/c1-15-9-10-20-17(13-15)11-12-21(20)14-18-7-4-6-16-5-2-3-8-19(16)18/h2-3,5,8-13,18H,4,6-7,14H2,1H3. The molecule has 4 rings (SSSR count). The van der Waals surface area contributed by atoms with Crippen molar-refractivity contribution < 1.29 is 0 Å². The fraction of sp³-hybridized carbons (Fsp3) is 0.300. The molecule has 0 radical (unpaired) electrons. The third-order valence-corrected chi connectivity index (χ3v) is 4.84. The summed E-state index contributed by atoms with van der Waals surface area (Å²) in [5, 5.41) is 1.36. The SMILES string of the molecule is Cc1ccc2c(ccn2CC2CCCc3ccccc32)c1. The van der Waals surface area contributed by atoms with Gasteiger partial charge in [0.15, 0.2) is 0 Å². The molecule has 0 saturated carbocycles. The van der Waals surface area contributed by atoms with E-state index < -0.39 is 0 Å². The van der Waals surface area contributed by atoms with Gasteiger partial charge in [0.25, 0.3) is 0 Å². The van der Waals surface area contributed by atoms with Gasteiger partial charge in [-0.3, -0.25) is 0 Å². The second kappa shape index (κ2) is 5.07. The minimum absolute atomic E-state index is 0.659. The van der Waals surface area contributed by atoms with Crippen molar-refractivity contribution in [3.8, 4) is 0 Å². The molecule has 1 nitrogen and oxygen atoms in total. The Bertz CT molecular complexity index is 781. The van der Waals surface area contributed by atoms with Crippen LogP contribution in [0, 0.1) is 6.92 Å². The number of aryl methyl sites for hydroxylation is 2. The Morgan fingerprint density at radius 2 is 2.00 bits per heavy atom. The maximum Gasteiger partial charge on any atom is 0.0480 e. The summed E-state index contributed by atoms with van der Waals surface area (Å²) in [6, 6.07) is 18.0. The predicted octanol–water partition coefficient (Wildman–Crippen LogP) is 5.07. The number of aromatic nitrogens is 1. The van der Waals surface area contributed by atoms with E-state index in [0.717, 1.165) is 6.54 Å². The van der Waals surface area contributed by atoms with Crippen molar-refractivity contribution in [2.24, 2.45) is 0 Å². The zero-order valence-corrected chi connectivity index (χ0v) is 12.5. The van der Waals surface area contributed by atoms with E-state index in [1.54, 1.807) is 11.1 Å². The Balaban J connectivity index is 1.70. The average Bonchev–Trinajstić information content (AvgIpc) is 2.90. The summed E-state index contributed by atoms with van der Waals surface area (Å²) in [5.41, 5.74) is 5.82. The maximum absolute atomic E-state index is 2.43. The first-order valence-electron chi connectivity index (χ1n) is 7.94. The van der Waals surface area contributed by atoms with Crippen molar-refractivity contribution in [1.82, 2.24) is 4.57 Å². The van der Waals surface area contributed by atoms with Gasteiger partial charge in [-0.2, -0.15) is 0 Å². The molecule has 0 N–H and O–H groups in total. The summed E-state index contributed by atoms with van der Waals surface area (Å²) in [4.78, 5) is 0. The molecule has 0 fully saturated rings. The van der Waals surface area contributed by atoms with E-state index in [4.69, 9.17) is 0 Å². The molecule has 106 valence electrons. The van der Waals surface area contributed by atoms with Crippen molar-refractivity contribution in [3.63, 3.8) is 0 Å². The first kappa shape index (κ1) is 12.7. The molecule has 21 heavy (non-hydrogen) atoms. The van der Waals surface area contributed by atoms with Crippen LogP contribution in [0.25, 0.3) is 10.9 Å². The first-order valence-corrected chi connectivity index (χ1v) is 7.94. The lowest BCUT2D eigenvalue weighted by Crippen LogP contribution is -2.15. The third kappa shape index (κ3) is 2.27. The highest BCUT2D eigenvalue weighted by molar-refractivity contribution is 5.80. The van der Waals surface area contributed by atoms with Gasteiger partial charge < -0.3 is 4.57 Å². The molecule has 1 atom stereocenters. The number of fused-ring (bicyclic) bond motifs is 2. The zero-order chi connectivity index (χ0) is 14.2. The Hall–Kier alpha value is -2.02. The van der Waals surface area contributed by atoms with Gasteiger partial charge in [-0.1, -0.05) is 35.9 Å². The smallest absolute Gasteiger partial charge is 0.0480 e. The van der Waals surface area contributed by atoms with E-state index in [1.807, 2.05) is 0 Å². The highest BCUT2D eigenvalue weighted by Gasteiger charge is 2.20. The Kier molecular flexibility index (Phi) is 3.07. The van der Waals surface area contributed by atoms with Crippen LogP contribution in [0.1, 0.15) is 35.4 Å². The molecular formula is C20H21N. The molecule has 0 spiro atoms. The Morgan fingerprint density at radius 1 is 1.10 bits per heavy atom. The van der Waals surface area contributed by atoms with Crippen LogP contribution in [0.4, 0.5) is 0 Å². The quantitative estimate of drug-likeness (QED) is 0.615. The summed E-state index contributed by atoms with van der Waals surface area (Å²) < 4.78 is 2.43. The molecule has 0 bridgehead atoms. The molecule has 1 unspecified atom stereocenters. The number of hydrogen-bond donors (Lipinski definition) is 0. The van der Waals surface area contributed by atoms with Crippen LogP contribution in [-0.4, -0.2) is 4.57 Å². The first-order chi connectivity index (χ1) is 10.3. The normalized spacial score (nSPS) is 17.9. The number of nitrogens with zero attached hydrogens (tertiary/aromatic N) is 1. The molecule has 2 aromatic carbocycles. The lowest BCUT2D eigenvalue weighted by Gasteiger charge is -2.26. The predicted molar refractivity (Wildman–Crippen MR) is 88.8 cm³/mol. The minimum Gasteiger partial charge on any atom is -0.347 e. The number of rotatable bonds is 2. The summed E-state index contributed by atoms with van der Waals surface area (Å²) in [7, 11) is 0. The fourth-order valence-corrected chi connectivity index (χ4v) is 3.76. The lowest BCUT2D eigenvalue weighted by molar-refractivity contribution is 0.490. The monoisotopic (exact) mass is 275 g/mol. The zero-order valence-electron chi connectivity index (χ0n) is 12.5. The third-order valence-electron chi connectivity index (χ3n) is 4.84. The fourth-order valence-electron chi connectivity index (χ4n) is 3.76. The van der Waals surface area contributed by atoms with E-state index >= 15 is 0 Å². The molecule has 1 heterocycles. The van der Waals surface area contributed by atoms with Gasteiger partial charge in [-0.15, -0.1) is 0 Å². The molecule has 0 amide bonds. The molecule has 1 aromatic heterocycles. The van der Waals surface area contributed by atoms with Crippen LogP contribution in [0.15, 0.2) is 54.7 Å². The van der Waals surface area contributed by atoms with Crippen LogP contribution in [0.2, 0.25) is 0 Å². The molecular weight excluding hydrogens is 254 g/mol. The van der Waals surface area contributed by atoms with Crippen LogP contribution in [-0.2, 0) is 13.0 Å². The summed E-state index contributed by atoms with van der Waals surface area (Å²) in [5.74, 6) is 0.659. The van der Waals surface area contributed by atoms with Gasteiger partial charge >= 0.3 is 0 Å². The van der Waals surface area contributed by atoms with Crippen molar-refractivity contribution in [2.45, 2.75) is 38.6 Å². The highest BCUT2D eigenvalue weighted by Crippen LogP contribution is 2.33. The van der Waals surface area contributed by atoms with Crippen molar-refractivity contribution in [3.05, 3.63) is 71.4 Å². The van der Waals surface area contributed by atoms with Crippen molar-refractivity contribution in [1.29, 1.82) is 0 Å². The van der Waals surface area contributed by atoms with Crippen LogP contribution in [0.5, 0.6) is 0 Å². The highest BCUT2D eigenvalue weighted by atomic mass is 15.0. The lowest BCUT2D eigenvalue weighted by atomic mass is 9.83. The van der Waals surface area contributed by atoms with E-state index in [9.17, 15) is 0 Å². The maximum atomic E-state index is 2.43. The van der Waals surface area contributed by atoms with Gasteiger partial charge in [0.1, 0.15) is 0 Å². The van der Waals surface area contributed by atoms with Crippen LogP contribution < -0.4 is 0 Å².